The Morgan fingerprint density at radius 3 is 1.67 bits per heavy atom. The highest BCUT2D eigenvalue weighted by Crippen LogP contribution is 2.38. The Labute approximate surface area is 94.6 Å². The fourth-order valence-corrected chi connectivity index (χ4v) is 2.36. The summed E-state index contributed by atoms with van der Waals surface area (Å²) in [6, 6.07) is 0. The largest absolute Gasteiger partial charge is 0.330 e. The Kier molecular flexibility index (Phi) is 4.14. The molecule has 0 aromatic carbocycles. The normalized spacial score (nSPS) is 14.1. The van der Waals surface area contributed by atoms with Gasteiger partial charge in [0, 0.05) is 10.8 Å². The van der Waals surface area contributed by atoms with E-state index in [9.17, 15) is 4.79 Å². The first kappa shape index (κ1) is 14.6. The molecule has 0 atom stereocenters. The number of carbonyl (C=O) groups excluding carboxylic acids is 1. The number of nitrogens with two attached hydrogens (primary N) is 1. The molecule has 0 fully saturated rings. The smallest absolute Gasteiger partial charge is 0.143 e. The van der Waals surface area contributed by atoms with Crippen LogP contribution in [0.1, 0.15) is 54.9 Å². The molecule has 0 unspecified atom stereocenters. The van der Waals surface area contributed by atoms with Gasteiger partial charge in [-0.05, 0) is 18.4 Å². The standard InChI is InChI=1S/C13H27NO/c1-11(2,3)10(15)13(6,7)8-12(4,5)9-14/h8-9,14H2,1-7H3. The van der Waals surface area contributed by atoms with E-state index >= 15 is 0 Å². The second kappa shape index (κ2) is 4.25. The van der Waals surface area contributed by atoms with E-state index in [-0.39, 0.29) is 16.2 Å². The average Bonchev–Trinajstić information content (AvgIpc) is 1.99. The van der Waals surface area contributed by atoms with Crippen LogP contribution in [-0.4, -0.2) is 12.3 Å². The number of rotatable bonds is 4. The van der Waals surface area contributed by atoms with Crippen LogP contribution < -0.4 is 5.73 Å². The maximum Gasteiger partial charge on any atom is 0.143 e. The number of hydrogen-bond acceptors (Lipinski definition) is 2. The predicted molar refractivity (Wildman–Crippen MR) is 65.7 cm³/mol. The summed E-state index contributed by atoms with van der Waals surface area (Å²) in [5, 5.41) is 0. The van der Waals surface area contributed by atoms with E-state index in [1.54, 1.807) is 0 Å². The van der Waals surface area contributed by atoms with Gasteiger partial charge in [-0.25, -0.2) is 0 Å². The van der Waals surface area contributed by atoms with Crippen LogP contribution in [0, 0.1) is 16.2 Å². The van der Waals surface area contributed by atoms with Crippen LogP contribution in [0.25, 0.3) is 0 Å². The summed E-state index contributed by atoms with van der Waals surface area (Å²) in [5.41, 5.74) is 5.18. The molecule has 0 spiro atoms. The highest BCUT2D eigenvalue weighted by atomic mass is 16.1. The maximum atomic E-state index is 12.2. The third-order valence-electron chi connectivity index (χ3n) is 2.77. The third-order valence-corrected chi connectivity index (χ3v) is 2.77. The third kappa shape index (κ3) is 4.33. The Balaban J connectivity index is 4.78. The van der Waals surface area contributed by atoms with Gasteiger partial charge < -0.3 is 5.73 Å². The van der Waals surface area contributed by atoms with Crippen molar-refractivity contribution in [3.63, 3.8) is 0 Å². The van der Waals surface area contributed by atoms with Crippen LogP contribution in [0.3, 0.4) is 0 Å². The predicted octanol–water partition coefficient (Wildman–Crippen LogP) is 3.00. The fraction of sp³-hybridized carbons (Fsp3) is 0.923. The van der Waals surface area contributed by atoms with Crippen molar-refractivity contribution in [1.82, 2.24) is 0 Å². The van der Waals surface area contributed by atoms with Crippen molar-refractivity contribution in [2.45, 2.75) is 54.9 Å². The second-order valence-corrected chi connectivity index (χ2v) is 7.01. The molecule has 0 aliphatic carbocycles. The van der Waals surface area contributed by atoms with Crippen LogP contribution in [-0.2, 0) is 4.79 Å². The molecule has 90 valence electrons. The summed E-state index contributed by atoms with van der Waals surface area (Å²) in [4.78, 5) is 12.2. The van der Waals surface area contributed by atoms with E-state index in [0.29, 0.717) is 12.3 Å². The lowest BCUT2D eigenvalue weighted by molar-refractivity contribution is -0.136. The minimum atomic E-state index is -0.291. The first-order valence-electron chi connectivity index (χ1n) is 5.67. The molecule has 0 amide bonds. The summed E-state index contributed by atoms with van der Waals surface area (Å²) >= 11 is 0. The van der Waals surface area contributed by atoms with Crippen LogP contribution in [0.5, 0.6) is 0 Å². The maximum absolute atomic E-state index is 12.2. The van der Waals surface area contributed by atoms with Gasteiger partial charge in [-0.2, -0.15) is 0 Å². The topological polar surface area (TPSA) is 43.1 Å². The molecule has 0 saturated carbocycles. The summed E-state index contributed by atoms with van der Waals surface area (Å²) in [6.45, 7) is 14.8. The number of hydrogen-bond donors (Lipinski definition) is 1. The number of Topliss-reactive ketones (excluding diaryl/α,β-unsaturated/α-hetero) is 1. The van der Waals surface area contributed by atoms with E-state index in [2.05, 4.69) is 13.8 Å². The second-order valence-electron chi connectivity index (χ2n) is 7.01. The zero-order valence-electron chi connectivity index (χ0n) is 11.4. The first-order valence-corrected chi connectivity index (χ1v) is 5.67. The van der Waals surface area contributed by atoms with Gasteiger partial charge in [-0.3, -0.25) is 4.79 Å². The molecule has 2 N–H and O–H groups in total. The number of carbonyl (C=O) groups is 1. The van der Waals surface area contributed by atoms with Gasteiger partial charge >= 0.3 is 0 Å². The Morgan fingerprint density at radius 1 is 1.00 bits per heavy atom. The molecule has 0 bridgehead atoms. The Bertz CT molecular complexity index is 233. The SMILES string of the molecule is CC(C)(CN)CC(C)(C)C(=O)C(C)(C)C. The van der Waals surface area contributed by atoms with E-state index in [0.717, 1.165) is 6.42 Å². The zero-order valence-corrected chi connectivity index (χ0v) is 11.4. The first-order chi connectivity index (χ1) is 6.42. The quantitative estimate of drug-likeness (QED) is 0.780. The van der Waals surface area contributed by atoms with Gasteiger partial charge in [0.15, 0.2) is 0 Å². The van der Waals surface area contributed by atoms with Crippen molar-refractivity contribution in [3.05, 3.63) is 0 Å². The van der Waals surface area contributed by atoms with Gasteiger partial charge in [-0.1, -0.05) is 48.5 Å². The van der Waals surface area contributed by atoms with Crippen LogP contribution in [0.4, 0.5) is 0 Å². The molecule has 0 saturated heterocycles. The minimum absolute atomic E-state index is 0.0322. The summed E-state index contributed by atoms with van der Waals surface area (Å²) < 4.78 is 0. The molecule has 0 heterocycles. The zero-order chi connectivity index (χ0) is 12.5. The molecule has 0 aliphatic heterocycles. The summed E-state index contributed by atoms with van der Waals surface area (Å²) in [5.74, 6) is 0.316. The molecule has 15 heavy (non-hydrogen) atoms. The fourth-order valence-electron chi connectivity index (χ4n) is 2.36. The van der Waals surface area contributed by atoms with Crippen molar-refractivity contribution in [2.75, 3.05) is 6.54 Å². The van der Waals surface area contributed by atoms with Gasteiger partial charge in [0.1, 0.15) is 5.78 Å². The van der Waals surface area contributed by atoms with E-state index in [4.69, 9.17) is 5.73 Å². The molecule has 0 aromatic heterocycles. The van der Waals surface area contributed by atoms with Crippen LogP contribution >= 0.6 is 0 Å². The van der Waals surface area contributed by atoms with Crippen molar-refractivity contribution < 1.29 is 4.79 Å². The van der Waals surface area contributed by atoms with Crippen molar-refractivity contribution in [2.24, 2.45) is 22.0 Å². The molecular formula is C13H27NO. The molecular weight excluding hydrogens is 186 g/mol. The lowest BCUT2D eigenvalue weighted by Crippen LogP contribution is -2.40. The van der Waals surface area contributed by atoms with Crippen LogP contribution in [0.2, 0.25) is 0 Å². The molecule has 0 aliphatic rings. The van der Waals surface area contributed by atoms with Gasteiger partial charge in [0.05, 0.1) is 0 Å². The molecule has 2 nitrogen and oxygen atoms in total. The Morgan fingerprint density at radius 2 is 1.40 bits per heavy atom. The monoisotopic (exact) mass is 213 g/mol. The Hall–Kier alpha value is -0.370. The van der Waals surface area contributed by atoms with E-state index in [1.807, 2.05) is 34.6 Å². The molecule has 0 aromatic rings. The highest BCUT2D eigenvalue weighted by molar-refractivity contribution is 5.88. The highest BCUT2D eigenvalue weighted by Gasteiger charge is 2.39. The van der Waals surface area contributed by atoms with Crippen LogP contribution in [0.15, 0.2) is 0 Å². The summed E-state index contributed by atoms with van der Waals surface area (Å²) in [7, 11) is 0. The lowest BCUT2D eigenvalue weighted by atomic mass is 9.67. The minimum Gasteiger partial charge on any atom is -0.330 e. The number of ketones is 1. The van der Waals surface area contributed by atoms with Crippen molar-refractivity contribution in [1.29, 1.82) is 0 Å². The van der Waals surface area contributed by atoms with E-state index < -0.39 is 0 Å². The van der Waals surface area contributed by atoms with Gasteiger partial charge in [-0.15, -0.1) is 0 Å². The summed E-state index contributed by atoms with van der Waals surface area (Å²) in [6.07, 6.45) is 0.840. The lowest BCUT2D eigenvalue weighted by Gasteiger charge is -2.36. The van der Waals surface area contributed by atoms with Crippen molar-refractivity contribution >= 4 is 5.78 Å². The van der Waals surface area contributed by atoms with Gasteiger partial charge in [0.25, 0.3) is 0 Å². The van der Waals surface area contributed by atoms with E-state index in [1.165, 1.54) is 0 Å². The average molecular weight is 213 g/mol. The molecule has 0 radical (unpaired) electrons. The van der Waals surface area contributed by atoms with Crippen molar-refractivity contribution in [3.8, 4) is 0 Å². The molecule has 0 rings (SSSR count). The molecule has 2 heteroatoms. The van der Waals surface area contributed by atoms with Gasteiger partial charge in [0.2, 0.25) is 0 Å².